The molecule has 0 atom stereocenters. The monoisotopic (exact) mass is 309 g/mol. The van der Waals surface area contributed by atoms with Gasteiger partial charge in [-0.05, 0) is 37.0 Å². The van der Waals surface area contributed by atoms with Crippen LogP contribution in [-0.4, -0.2) is 13.4 Å². The second-order valence-electron chi connectivity index (χ2n) is 4.70. The molecular weight excluding hydrogens is 294 g/mol. The summed E-state index contributed by atoms with van der Waals surface area (Å²) in [6.07, 6.45) is 3.06. The molecule has 0 radical (unpaired) electrons. The zero-order valence-corrected chi connectivity index (χ0v) is 12.4. The van der Waals surface area contributed by atoms with E-state index in [4.69, 9.17) is 5.73 Å². The highest BCUT2D eigenvalue weighted by molar-refractivity contribution is 7.93. The summed E-state index contributed by atoms with van der Waals surface area (Å²) in [4.78, 5) is 5.77. The molecule has 3 N–H and O–H groups in total. The maximum atomic E-state index is 12.3. The fourth-order valence-electron chi connectivity index (χ4n) is 2.21. The SMILES string of the molecule is NCc1ccc(S(=O)(=O)Nc2nc3c(s2)CCC3)cc1. The van der Waals surface area contributed by atoms with Crippen molar-refractivity contribution < 1.29 is 8.42 Å². The molecule has 0 amide bonds. The van der Waals surface area contributed by atoms with Gasteiger partial charge in [0.05, 0.1) is 10.6 Å². The van der Waals surface area contributed by atoms with E-state index in [0.717, 1.165) is 30.5 Å². The third kappa shape index (κ3) is 2.56. The minimum Gasteiger partial charge on any atom is -0.326 e. The Hall–Kier alpha value is -1.44. The molecule has 1 heterocycles. The van der Waals surface area contributed by atoms with Gasteiger partial charge in [0.2, 0.25) is 0 Å². The van der Waals surface area contributed by atoms with Crippen molar-refractivity contribution in [2.24, 2.45) is 5.73 Å². The summed E-state index contributed by atoms with van der Waals surface area (Å²) in [6, 6.07) is 6.56. The zero-order valence-electron chi connectivity index (χ0n) is 10.8. The number of hydrogen-bond acceptors (Lipinski definition) is 5. The van der Waals surface area contributed by atoms with Crippen LogP contribution >= 0.6 is 11.3 Å². The van der Waals surface area contributed by atoms with Crippen molar-refractivity contribution >= 4 is 26.5 Å². The van der Waals surface area contributed by atoms with Crippen molar-refractivity contribution in [3.8, 4) is 0 Å². The molecule has 1 aromatic carbocycles. The Morgan fingerprint density at radius 3 is 2.65 bits per heavy atom. The van der Waals surface area contributed by atoms with Crippen LogP contribution in [0.4, 0.5) is 5.13 Å². The third-order valence-electron chi connectivity index (χ3n) is 3.29. The predicted octanol–water partition coefficient (Wildman–Crippen LogP) is 1.89. The van der Waals surface area contributed by atoms with E-state index in [0.29, 0.717) is 11.7 Å². The summed E-state index contributed by atoms with van der Waals surface area (Å²) in [6.45, 7) is 0.396. The Balaban J connectivity index is 1.83. The molecule has 7 heteroatoms. The van der Waals surface area contributed by atoms with Gasteiger partial charge in [0.25, 0.3) is 10.0 Å². The van der Waals surface area contributed by atoms with Crippen molar-refractivity contribution in [1.82, 2.24) is 4.98 Å². The lowest BCUT2D eigenvalue weighted by Gasteiger charge is -2.06. The summed E-state index contributed by atoms with van der Waals surface area (Å²) in [5, 5.41) is 0.456. The van der Waals surface area contributed by atoms with Crippen molar-refractivity contribution in [2.75, 3.05) is 4.72 Å². The van der Waals surface area contributed by atoms with Crippen molar-refractivity contribution in [1.29, 1.82) is 0 Å². The molecule has 0 saturated heterocycles. The Morgan fingerprint density at radius 1 is 1.25 bits per heavy atom. The molecular formula is C13H15N3O2S2. The molecule has 1 aliphatic rings. The van der Waals surface area contributed by atoms with E-state index in [1.807, 2.05) is 0 Å². The van der Waals surface area contributed by atoms with Crippen LogP contribution in [0.5, 0.6) is 0 Å². The van der Waals surface area contributed by atoms with Gasteiger partial charge in [-0.25, -0.2) is 13.4 Å². The molecule has 0 unspecified atom stereocenters. The van der Waals surface area contributed by atoms with Gasteiger partial charge in [-0.15, -0.1) is 11.3 Å². The number of rotatable bonds is 4. The first kappa shape index (κ1) is 13.5. The Kier molecular flexibility index (Phi) is 3.49. The molecule has 1 aliphatic carbocycles. The Bertz CT molecular complexity index is 699. The van der Waals surface area contributed by atoms with Crippen LogP contribution in [0.2, 0.25) is 0 Å². The zero-order chi connectivity index (χ0) is 14.2. The fourth-order valence-corrected chi connectivity index (χ4v) is 4.50. The number of nitrogens with one attached hydrogen (secondary N) is 1. The number of aryl methyl sites for hydroxylation is 2. The van der Waals surface area contributed by atoms with Crippen LogP contribution in [0.25, 0.3) is 0 Å². The summed E-state index contributed by atoms with van der Waals surface area (Å²) in [7, 11) is -3.57. The van der Waals surface area contributed by atoms with Gasteiger partial charge in [-0.3, -0.25) is 4.72 Å². The van der Waals surface area contributed by atoms with Gasteiger partial charge in [0.15, 0.2) is 5.13 Å². The molecule has 2 aromatic rings. The molecule has 3 rings (SSSR count). The first-order valence-corrected chi connectivity index (χ1v) is 8.69. The highest BCUT2D eigenvalue weighted by Gasteiger charge is 2.20. The second-order valence-corrected chi connectivity index (χ2v) is 7.46. The van der Waals surface area contributed by atoms with Crippen LogP contribution < -0.4 is 10.5 Å². The number of sulfonamides is 1. The number of anilines is 1. The van der Waals surface area contributed by atoms with E-state index < -0.39 is 10.0 Å². The van der Waals surface area contributed by atoms with E-state index in [2.05, 4.69) is 9.71 Å². The maximum absolute atomic E-state index is 12.3. The summed E-state index contributed by atoms with van der Waals surface area (Å²) >= 11 is 1.43. The number of nitrogens with two attached hydrogens (primary N) is 1. The standard InChI is InChI=1S/C13H15N3O2S2/c14-8-9-4-6-10(7-5-9)20(17,18)16-13-15-11-2-1-3-12(11)19-13/h4-7H,1-3,8,14H2,(H,15,16). The van der Waals surface area contributed by atoms with Crippen molar-refractivity contribution in [3.05, 3.63) is 40.4 Å². The van der Waals surface area contributed by atoms with E-state index in [1.54, 1.807) is 24.3 Å². The van der Waals surface area contributed by atoms with Gasteiger partial charge in [-0.2, -0.15) is 0 Å². The van der Waals surface area contributed by atoms with E-state index in [9.17, 15) is 8.42 Å². The predicted molar refractivity (Wildman–Crippen MR) is 79.3 cm³/mol. The minimum absolute atomic E-state index is 0.227. The largest absolute Gasteiger partial charge is 0.326 e. The Morgan fingerprint density at radius 2 is 2.00 bits per heavy atom. The normalized spacial score (nSPS) is 14.2. The number of fused-ring (bicyclic) bond motifs is 1. The quantitative estimate of drug-likeness (QED) is 0.903. The van der Waals surface area contributed by atoms with Gasteiger partial charge in [-0.1, -0.05) is 12.1 Å². The molecule has 5 nitrogen and oxygen atoms in total. The summed E-state index contributed by atoms with van der Waals surface area (Å²) < 4.78 is 27.1. The van der Waals surface area contributed by atoms with Gasteiger partial charge < -0.3 is 5.73 Å². The summed E-state index contributed by atoms with van der Waals surface area (Å²) in [5.41, 5.74) is 7.43. The van der Waals surface area contributed by atoms with Crippen LogP contribution in [0.1, 0.15) is 22.6 Å². The first-order chi connectivity index (χ1) is 9.58. The van der Waals surface area contributed by atoms with E-state index in [-0.39, 0.29) is 4.90 Å². The summed E-state index contributed by atoms with van der Waals surface area (Å²) in [5.74, 6) is 0. The fraction of sp³-hybridized carbons (Fsp3) is 0.308. The van der Waals surface area contributed by atoms with Crippen molar-refractivity contribution in [3.63, 3.8) is 0 Å². The highest BCUT2D eigenvalue weighted by Crippen LogP contribution is 2.31. The first-order valence-electron chi connectivity index (χ1n) is 6.39. The smallest absolute Gasteiger partial charge is 0.263 e. The molecule has 0 aliphatic heterocycles. The number of hydrogen-bond donors (Lipinski definition) is 2. The number of nitrogens with zero attached hydrogens (tertiary/aromatic N) is 1. The Labute approximate surface area is 121 Å². The lowest BCUT2D eigenvalue weighted by Crippen LogP contribution is -2.13. The molecule has 1 aromatic heterocycles. The molecule has 0 fully saturated rings. The van der Waals surface area contributed by atoms with E-state index >= 15 is 0 Å². The molecule has 0 spiro atoms. The molecule has 20 heavy (non-hydrogen) atoms. The van der Waals surface area contributed by atoms with Crippen molar-refractivity contribution in [2.45, 2.75) is 30.7 Å². The number of aromatic nitrogens is 1. The van der Waals surface area contributed by atoms with Crippen LogP contribution in [0, 0.1) is 0 Å². The minimum atomic E-state index is -3.57. The molecule has 0 saturated carbocycles. The van der Waals surface area contributed by atoms with Crippen LogP contribution in [0.3, 0.4) is 0 Å². The van der Waals surface area contributed by atoms with Gasteiger partial charge in [0, 0.05) is 11.4 Å². The lowest BCUT2D eigenvalue weighted by atomic mass is 10.2. The van der Waals surface area contributed by atoms with Crippen LogP contribution in [-0.2, 0) is 29.4 Å². The number of benzene rings is 1. The average Bonchev–Trinajstić information content (AvgIpc) is 2.99. The van der Waals surface area contributed by atoms with E-state index in [1.165, 1.54) is 16.2 Å². The lowest BCUT2D eigenvalue weighted by molar-refractivity contribution is 0.601. The van der Waals surface area contributed by atoms with Crippen LogP contribution in [0.15, 0.2) is 29.2 Å². The molecule has 106 valence electrons. The topological polar surface area (TPSA) is 85.1 Å². The van der Waals surface area contributed by atoms with Gasteiger partial charge in [0.1, 0.15) is 0 Å². The second kappa shape index (κ2) is 5.16. The third-order valence-corrected chi connectivity index (χ3v) is 5.84. The highest BCUT2D eigenvalue weighted by atomic mass is 32.2. The average molecular weight is 309 g/mol. The number of thiazole rings is 1. The molecule has 0 bridgehead atoms. The maximum Gasteiger partial charge on any atom is 0.263 e. The van der Waals surface area contributed by atoms with Gasteiger partial charge >= 0.3 is 0 Å².